The SMILES string of the molecule is CC(=O)N(Cc1ccc(NC(=O)CC(O)C(C)C)cc1)C(C)C. The summed E-state index contributed by atoms with van der Waals surface area (Å²) in [5.41, 5.74) is 1.70. The van der Waals surface area contributed by atoms with Crippen molar-refractivity contribution in [1.82, 2.24) is 4.90 Å². The Morgan fingerprint density at radius 2 is 1.70 bits per heavy atom. The van der Waals surface area contributed by atoms with E-state index in [1.807, 2.05) is 52.0 Å². The maximum Gasteiger partial charge on any atom is 0.226 e. The number of anilines is 1. The number of nitrogens with zero attached hydrogens (tertiary/aromatic N) is 1. The first-order valence-electron chi connectivity index (χ1n) is 8.04. The zero-order valence-corrected chi connectivity index (χ0v) is 14.7. The molecule has 5 nitrogen and oxygen atoms in total. The second kappa shape index (κ2) is 8.67. The molecule has 0 saturated carbocycles. The second-order valence-electron chi connectivity index (χ2n) is 6.50. The maximum atomic E-state index is 11.8. The first kappa shape index (κ1) is 19.2. The van der Waals surface area contributed by atoms with Crippen LogP contribution in [0.25, 0.3) is 0 Å². The molecule has 0 aliphatic rings. The van der Waals surface area contributed by atoms with Crippen molar-refractivity contribution < 1.29 is 14.7 Å². The number of rotatable bonds is 7. The molecule has 0 spiro atoms. The van der Waals surface area contributed by atoms with E-state index in [9.17, 15) is 14.7 Å². The Balaban J connectivity index is 2.63. The largest absolute Gasteiger partial charge is 0.392 e. The molecule has 128 valence electrons. The van der Waals surface area contributed by atoms with Gasteiger partial charge in [-0.15, -0.1) is 0 Å². The molecule has 1 rings (SSSR count). The van der Waals surface area contributed by atoms with Crippen molar-refractivity contribution in [3.63, 3.8) is 0 Å². The van der Waals surface area contributed by atoms with Gasteiger partial charge >= 0.3 is 0 Å². The number of carbonyl (C=O) groups is 2. The normalized spacial score (nSPS) is 12.3. The lowest BCUT2D eigenvalue weighted by Gasteiger charge is -2.25. The monoisotopic (exact) mass is 320 g/mol. The van der Waals surface area contributed by atoms with Gasteiger partial charge in [0.25, 0.3) is 0 Å². The average molecular weight is 320 g/mol. The average Bonchev–Trinajstić information content (AvgIpc) is 2.45. The molecule has 1 atom stereocenters. The van der Waals surface area contributed by atoms with Crippen LogP contribution in [0.2, 0.25) is 0 Å². The fraction of sp³-hybridized carbons (Fsp3) is 0.556. The van der Waals surface area contributed by atoms with Gasteiger partial charge in [0, 0.05) is 25.2 Å². The van der Waals surface area contributed by atoms with Crippen molar-refractivity contribution in [1.29, 1.82) is 0 Å². The lowest BCUT2D eigenvalue weighted by molar-refractivity contribution is -0.131. The molecule has 0 aromatic heterocycles. The first-order chi connectivity index (χ1) is 10.7. The zero-order valence-electron chi connectivity index (χ0n) is 14.7. The molecule has 2 amide bonds. The summed E-state index contributed by atoms with van der Waals surface area (Å²) in [7, 11) is 0. The predicted molar refractivity (Wildman–Crippen MR) is 91.9 cm³/mol. The highest BCUT2D eigenvalue weighted by Crippen LogP contribution is 2.14. The van der Waals surface area contributed by atoms with E-state index in [2.05, 4.69) is 5.32 Å². The van der Waals surface area contributed by atoms with Crippen LogP contribution in [0, 0.1) is 5.92 Å². The first-order valence-corrected chi connectivity index (χ1v) is 8.04. The van der Waals surface area contributed by atoms with E-state index >= 15 is 0 Å². The fourth-order valence-electron chi connectivity index (χ4n) is 2.19. The van der Waals surface area contributed by atoms with Crippen LogP contribution in [0.5, 0.6) is 0 Å². The standard InChI is InChI=1S/C18H28N2O3/c1-12(2)17(22)10-18(23)19-16-8-6-15(7-9-16)11-20(13(3)4)14(5)21/h6-9,12-13,17,22H,10-11H2,1-5H3,(H,19,23). The van der Waals surface area contributed by atoms with E-state index < -0.39 is 6.10 Å². The highest BCUT2D eigenvalue weighted by atomic mass is 16.3. The molecule has 23 heavy (non-hydrogen) atoms. The summed E-state index contributed by atoms with van der Waals surface area (Å²) >= 11 is 0. The second-order valence-corrected chi connectivity index (χ2v) is 6.50. The van der Waals surface area contributed by atoms with Gasteiger partial charge in [0.1, 0.15) is 0 Å². The minimum atomic E-state index is -0.635. The van der Waals surface area contributed by atoms with Gasteiger partial charge in [-0.05, 0) is 37.5 Å². The summed E-state index contributed by atoms with van der Waals surface area (Å²) in [4.78, 5) is 25.2. The Morgan fingerprint density at radius 1 is 1.13 bits per heavy atom. The van der Waals surface area contributed by atoms with Crippen molar-refractivity contribution in [3.05, 3.63) is 29.8 Å². The van der Waals surface area contributed by atoms with Crippen molar-refractivity contribution >= 4 is 17.5 Å². The molecule has 0 heterocycles. The Hall–Kier alpha value is -1.88. The number of benzene rings is 1. The lowest BCUT2D eigenvalue weighted by atomic mass is 10.0. The molecule has 0 bridgehead atoms. The number of aliphatic hydroxyl groups excluding tert-OH is 1. The molecular formula is C18H28N2O3. The van der Waals surface area contributed by atoms with Crippen LogP contribution in [0.4, 0.5) is 5.69 Å². The number of hydrogen-bond acceptors (Lipinski definition) is 3. The summed E-state index contributed by atoms with van der Waals surface area (Å²) in [6.45, 7) is 9.83. The maximum absolute atomic E-state index is 11.8. The van der Waals surface area contributed by atoms with Crippen molar-refractivity contribution in [2.45, 2.75) is 59.7 Å². The van der Waals surface area contributed by atoms with Crippen LogP contribution < -0.4 is 5.32 Å². The van der Waals surface area contributed by atoms with Gasteiger partial charge in [-0.3, -0.25) is 9.59 Å². The highest BCUT2D eigenvalue weighted by molar-refractivity contribution is 5.91. The van der Waals surface area contributed by atoms with Crippen LogP contribution in [0.3, 0.4) is 0 Å². The third-order valence-electron chi connectivity index (χ3n) is 3.78. The Bertz CT molecular complexity index is 524. The predicted octanol–water partition coefficient (Wildman–Crippen LogP) is 2.79. The molecule has 1 unspecified atom stereocenters. The third-order valence-corrected chi connectivity index (χ3v) is 3.78. The van der Waals surface area contributed by atoms with Crippen LogP contribution in [-0.2, 0) is 16.1 Å². The molecule has 5 heteroatoms. The van der Waals surface area contributed by atoms with Crippen LogP contribution in [0.15, 0.2) is 24.3 Å². The van der Waals surface area contributed by atoms with Gasteiger partial charge < -0.3 is 15.3 Å². The smallest absolute Gasteiger partial charge is 0.226 e. The lowest BCUT2D eigenvalue weighted by Crippen LogP contribution is -2.34. The van der Waals surface area contributed by atoms with E-state index in [1.54, 1.807) is 11.8 Å². The van der Waals surface area contributed by atoms with E-state index in [0.717, 1.165) is 5.56 Å². The zero-order chi connectivity index (χ0) is 17.6. The summed E-state index contributed by atoms with van der Waals surface area (Å²) < 4.78 is 0. The van der Waals surface area contributed by atoms with Crippen LogP contribution >= 0.6 is 0 Å². The van der Waals surface area contributed by atoms with E-state index in [1.165, 1.54) is 0 Å². The molecule has 0 radical (unpaired) electrons. The number of nitrogens with one attached hydrogen (secondary N) is 1. The van der Waals surface area contributed by atoms with Gasteiger partial charge in [-0.1, -0.05) is 26.0 Å². The van der Waals surface area contributed by atoms with E-state index in [4.69, 9.17) is 0 Å². The van der Waals surface area contributed by atoms with Gasteiger partial charge in [0.2, 0.25) is 11.8 Å². The minimum absolute atomic E-state index is 0.0417. The molecule has 0 aliphatic heterocycles. The molecular weight excluding hydrogens is 292 g/mol. The summed E-state index contributed by atoms with van der Waals surface area (Å²) in [6, 6.07) is 7.56. The molecule has 0 aliphatic carbocycles. The van der Waals surface area contributed by atoms with Gasteiger partial charge in [-0.2, -0.15) is 0 Å². The molecule has 1 aromatic rings. The summed E-state index contributed by atoms with van der Waals surface area (Å²) in [6.07, 6.45) is -0.547. The number of aliphatic hydroxyl groups is 1. The van der Waals surface area contributed by atoms with Crippen LogP contribution in [0.1, 0.15) is 46.6 Å². The van der Waals surface area contributed by atoms with Gasteiger partial charge in [0.05, 0.1) is 12.5 Å². The minimum Gasteiger partial charge on any atom is -0.392 e. The van der Waals surface area contributed by atoms with Crippen LogP contribution in [-0.4, -0.2) is 34.0 Å². The van der Waals surface area contributed by atoms with E-state index in [-0.39, 0.29) is 30.2 Å². The molecule has 0 saturated heterocycles. The number of amides is 2. The van der Waals surface area contributed by atoms with Gasteiger partial charge in [0.15, 0.2) is 0 Å². The molecule has 1 aromatic carbocycles. The highest BCUT2D eigenvalue weighted by Gasteiger charge is 2.15. The quantitative estimate of drug-likeness (QED) is 0.811. The fourth-order valence-corrected chi connectivity index (χ4v) is 2.19. The third kappa shape index (κ3) is 6.40. The summed E-state index contributed by atoms with van der Waals surface area (Å²) in [5.74, 6) is -0.108. The number of carbonyl (C=O) groups excluding carboxylic acids is 2. The molecule has 2 N–H and O–H groups in total. The van der Waals surface area contributed by atoms with Crippen molar-refractivity contribution in [3.8, 4) is 0 Å². The Labute approximate surface area is 138 Å². The van der Waals surface area contributed by atoms with Gasteiger partial charge in [-0.25, -0.2) is 0 Å². The molecule has 0 fully saturated rings. The van der Waals surface area contributed by atoms with E-state index in [0.29, 0.717) is 12.2 Å². The summed E-state index contributed by atoms with van der Waals surface area (Å²) in [5, 5.41) is 12.5. The van der Waals surface area contributed by atoms with Crippen molar-refractivity contribution in [2.75, 3.05) is 5.32 Å². The number of hydrogen-bond donors (Lipinski definition) is 2. The Morgan fingerprint density at radius 3 is 2.13 bits per heavy atom. The van der Waals surface area contributed by atoms with Crippen molar-refractivity contribution in [2.24, 2.45) is 5.92 Å². The topological polar surface area (TPSA) is 69.6 Å². The Kier molecular flexibility index (Phi) is 7.23.